The Kier molecular flexibility index (Phi) is 6.23. The van der Waals surface area contributed by atoms with Crippen molar-refractivity contribution >= 4 is 27.6 Å². The Hall–Kier alpha value is -0.880. The van der Waals surface area contributed by atoms with Crippen LogP contribution in [0.2, 0.25) is 0 Å². The van der Waals surface area contributed by atoms with Crippen molar-refractivity contribution in [3.05, 3.63) is 10.8 Å². The molecule has 0 aromatic carbocycles. The second kappa shape index (κ2) is 7.94. The van der Waals surface area contributed by atoms with Crippen LogP contribution < -0.4 is 10.2 Å². The van der Waals surface area contributed by atoms with Crippen LogP contribution in [0, 0.1) is 0 Å². The van der Waals surface area contributed by atoms with Crippen LogP contribution in [0.25, 0.3) is 0 Å². The Morgan fingerprint density at radius 3 is 2.67 bits per heavy atom. The van der Waals surface area contributed by atoms with Gasteiger partial charge >= 0.3 is 0 Å². The van der Waals surface area contributed by atoms with E-state index in [-0.39, 0.29) is 0 Å². The lowest BCUT2D eigenvalue weighted by atomic mass is 10.0. The molecule has 1 fully saturated rings. The molecule has 118 valence electrons. The van der Waals surface area contributed by atoms with Crippen LogP contribution in [0.3, 0.4) is 0 Å². The first-order chi connectivity index (χ1) is 10.2. The molecule has 0 radical (unpaired) electrons. The predicted octanol–water partition coefficient (Wildman–Crippen LogP) is 2.98. The molecule has 21 heavy (non-hydrogen) atoms. The summed E-state index contributed by atoms with van der Waals surface area (Å²) in [7, 11) is 2.14. The number of rotatable bonds is 6. The lowest BCUT2D eigenvalue weighted by Gasteiger charge is -2.37. The third-order valence-corrected chi connectivity index (χ3v) is 4.93. The molecule has 0 saturated carbocycles. The van der Waals surface area contributed by atoms with Gasteiger partial charge in [-0.3, -0.25) is 0 Å². The summed E-state index contributed by atoms with van der Waals surface area (Å²) >= 11 is 3.66. The van der Waals surface area contributed by atoms with Gasteiger partial charge in [0.2, 0.25) is 0 Å². The summed E-state index contributed by atoms with van der Waals surface area (Å²) in [5.74, 6) is 1.87. The topological polar surface area (TPSA) is 44.3 Å². The second-order valence-corrected chi connectivity index (χ2v) is 6.36. The fourth-order valence-corrected chi connectivity index (χ4v) is 3.39. The zero-order valence-electron chi connectivity index (χ0n) is 13.3. The van der Waals surface area contributed by atoms with E-state index in [1.807, 2.05) is 0 Å². The number of nitrogens with zero attached hydrogens (tertiary/aromatic N) is 4. The normalized spacial score (nSPS) is 17.0. The molecule has 2 heterocycles. The lowest BCUT2D eigenvalue weighted by molar-refractivity contribution is 0.220. The van der Waals surface area contributed by atoms with E-state index in [1.54, 1.807) is 6.33 Å². The highest BCUT2D eigenvalue weighted by Crippen LogP contribution is 2.31. The molecule has 1 aromatic rings. The van der Waals surface area contributed by atoms with E-state index < -0.39 is 0 Å². The highest BCUT2D eigenvalue weighted by Gasteiger charge is 2.24. The maximum Gasteiger partial charge on any atom is 0.148 e. The Bertz CT molecular complexity index is 446. The fraction of sp³-hybridized carbons (Fsp3) is 0.733. The minimum absolute atomic E-state index is 0.554. The minimum atomic E-state index is 0.554. The molecule has 5 nitrogen and oxygen atoms in total. The molecule has 0 spiro atoms. The fourth-order valence-electron chi connectivity index (χ4n) is 2.77. The van der Waals surface area contributed by atoms with Crippen molar-refractivity contribution in [3.8, 4) is 0 Å². The summed E-state index contributed by atoms with van der Waals surface area (Å²) in [6.07, 6.45) is 5.11. The van der Waals surface area contributed by atoms with Gasteiger partial charge in [0.1, 0.15) is 22.4 Å². The summed E-state index contributed by atoms with van der Waals surface area (Å²) in [5, 5.41) is 3.34. The zero-order chi connectivity index (χ0) is 15.2. The summed E-state index contributed by atoms with van der Waals surface area (Å²) in [4.78, 5) is 13.6. The largest absolute Gasteiger partial charge is 0.369 e. The summed E-state index contributed by atoms with van der Waals surface area (Å²) in [5.41, 5.74) is 0. The van der Waals surface area contributed by atoms with E-state index in [0.29, 0.717) is 6.04 Å². The average molecular weight is 356 g/mol. The minimum Gasteiger partial charge on any atom is -0.369 e. The SMILES string of the molecule is CCCNc1ncnc(N(C)C2CCN(CC)CC2)c1Br. The molecule has 0 unspecified atom stereocenters. The number of halogens is 1. The van der Waals surface area contributed by atoms with Crippen molar-refractivity contribution < 1.29 is 0 Å². The molecule has 1 saturated heterocycles. The van der Waals surface area contributed by atoms with Gasteiger partial charge in [-0.2, -0.15) is 0 Å². The van der Waals surface area contributed by atoms with Crippen molar-refractivity contribution in [3.63, 3.8) is 0 Å². The molecule has 0 amide bonds. The third kappa shape index (κ3) is 4.07. The van der Waals surface area contributed by atoms with Gasteiger partial charge < -0.3 is 15.1 Å². The van der Waals surface area contributed by atoms with Crippen molar-refractivity contribution in [1.29, 1.82) is 0 Å². The third-order valence-electron chi connectivity index (χ3n) is 4.20. The van der Waals surface area contributed by atoms with Gasteiger partial charge in [-0.1, -0.05) is 13.8 Å². The average Bonchev–Trinajstić information content (AvgIpc) is 2.53. The van der Waals surface area contributed by atoms with Crippen LogP contribution in [-0.4, -0.2) is 54.1 Å². The van der Waals surface area contributed by atoms with Gasteiger partial charge in [0.05, 0.1) is 0 Å². The second-order valence-electron chi connectivity index (χ2n) is 5.56. The van der Waals surface area contributed by atoms with Gasteiger partial charge in [0.15, 0.2) is 0 Å². The zero-order valence-corrected chi connectivity index (χ0v) is 14.9. The molecule has 2 rings (SSSR count). The highest BCUT2D eigenvalue weighted by atomic mass is 79.9. The molecule has 1 N–H and O–H groups in total. The quantitative estimate of drug-likeness (QED) is 0.849. The number of piperidine rings is 1. The van der Waals surface area contributed by atoms with Crippen LogP contribution in [0.4, 0.5) is 11.6 Å². The predicted molar refractivity (Wildman–Crippen MR) is 92.1 cm³/mol. The molecule has 0 atom stereocenters. The van der Waals surface area contributed by atoms with Gasteiger partial charge in [0, 0.05) is 32.7 Å². The number of likely N-dealkylation sites (tertiary alicyclic amines) is 1. The smallest absolute Gasteiger partial charge is 0.148 e. The Morgan fingerprint density at radius 2 is 2.05 bits per heavy atom. The van der Waals surface area contributed by atoms with E-state index in [4.69, 9.17) is 0 Å². The lowest BCUT2D eigenvalue weighted by Crippen LogP contribution is -2.43. The number of hydrogen-bond acceptors (Lipinski definition) is 5. The molecule has 6 heteroatoms. The maximum absolute atomic E-state index is 4.48. The van der Waals surface area contributed by atoms with Gasteiger partial charge in [0.25, 0.3) is 0 Å². The van der Waals surface area contributed by atoms with Crippen molar-refractivity contribution in [2.45, 2.75) is 39.2 Å². The van der Waals surface area contributed by atoms with E-state index in [2.05, 4.69) is 61.9 Å². The Labute approximate surface area is 136 Å². The first-order valence-corrected chi connectivity index (χ1v) is 8.66. The van der Waals surface area contributed by atoms with Gasteiger partial charge in [-0.15, -0.1) is 0 Å². The van der Waals surface area contributed by atoms with E-state index in [1.165, 1.54) is 25.9 Å². The van der Waals surface area contributed by atoms with Crippen LogP contribution >= 0.6 is 15.9 Å². The molecule has 0 bridgehead atoms. The molecular weight excluding hydrogens is 330 g/mol. The van der Waals surface area contributed by atoms with Crippen molar-refractivity contribution in [1.82, 2.24) is 14.9 Å². The Morgan fingerprint density at radius 1 is 1.33 bits per heavy atom. The van der Waals surface area contributed by atoms with Crippen LogP contribution in [0.15, 0.2) is 10.8 Å². The van der Waals surface area contributed by atoms with Gasteiger partial charge in [-0.05, 0) is 41.7 Å². The van der Waals surface area contributed by atoms with Crippen LogP contribution in [-0.2, 0) is 0 Å². The first kappa shape index (κ1) is 16.5. The number of hydrogen-bond donors (Lipinski definition) is 1. The number of anilines is 2. The molecular formula is C15H26BrN5. The van der Waals surface area contributed by atoms with Crippen molar-refractivity contribution in [2.24, 2.45) is 0 Å². The monoisotopic (exact) mass is 355 g/mol. The summed E-state index contributed by atoms with van der Waals surface area (Å²) < 4.78 is 0.971. The number of aromatic nitrogens is 2. The van der Waals surface area contributed by atoms with E-state index >= 15 is 0 Å². The van der Waals surface area contributed by atoms with Crippen molar-refractivity contribution in [2.75, 3.05) is 43.4 Å². The summed E-state index contributed by atoms with van der Waals surface area (Å²) in [6.45, 7) is 8.81. The molecule has 1 aromatic heterocycles. The van der Waals surface area contributed by atoms with Crippen LogP contribution in [0.1, 0.15) is 33.1 Å². The van der Waals surface area contributed by atoms with Gasteiger partial charge in [-0.25, -0.2) is 9.97 Å². The van der Waals surface area contributed by atoms with E-state index in [0.717, 1.165) is 35.6 Å². The highest BCUT2D eigenvalue weighted by molar-refractivity contribution is 9.10. The summed E-state index contributed by atoms with van der Waals surface area (Å²) in [6, 6.07) is 0.554. The number of nitrogens with one attached hydrogen (secondary N) is 1. The molecule has 1 aliphatic rings. The molecule has 0 aliphatic carbocycles. The van der Waals surface area contributed by atoms with Crippen LogP contribution in [0.5, 0.6) is 0 Å². The first-order valence-electron chi connectivity index (χ1n) is 7.86. The Balaban J connectivity index is 2.07. The molecule has 1 aliphatic heterocycles. The maximum atomic E-state index is 4.48. The van der Waals surface area contributed by atoms with E-state index in [9.17, 15) is 0 Å². The standard InChI is InChI=1S/C15H26BrN5/c1-4-8-17-14-13(16)15(19-11-18-14)20(3)12-6-9-21(5-2)10-7-12/h11-12H,4-10H2,1-3H3,(H,17,18,19).